The molecule has 3 heteroatoms. The molecular weight excluding hydrogens is 452 g/mol. The fourth-order valence-electron chi connectivity index (χ4n) is 4.86. The monoisotopic (exact) mass is 486 g/mol. The standard InChI is InChI=1S/C34H34N2O/c1-26(35-23-22-33(28-10-4-2-5-11-28)29-12-6-3-7-13-29)24-27-16-20-32(21-17-27)37-25-31-19-18-30-14-8-9-15-34(30)36-31/h2-21,26,33,35H,22-25H2,1H3. The fraction of sp³-hybridized carbons (Fsp3) is 0.206. The Kier molecular flexibility index (Phi) is 8.25. The molecule has 1 atom stereocenters. The number of para-hydroxylation sites is 1. The van der Waals surface area contributed by atoms with E-state index in [1.165, 1.54) is 16.7 Å². The summed E-state index contributed by atoms with van der Waals surface area (Å²) in [6.07, 6.45) is 2.04. The Hall–Kier alpha value is -3.95. The topological polar surface area (TPSA) is 34.1 Å². The normalized spacial score (nSPS) is 12.1. The molecule has 0 radical (unpaired) electrons. The van der Waals surface area contributed by atoms with Gasteiger partial charge in [-0.05, 0) is 67.3 Å². The van der Waals surface area contributed by atoms with Gasteiger partial charge in [-0.15, -0.1) is 0 Å². The summed E-state index contributed by atoms with van der Waals surface area (Å²) in [5, 5.41) is 4.88. The maximum absolute atomic E-state index is 6.00. The molecule has 3 nitrogen and oxygen atoms in total. The van der Waals surface area contributed by atoms with Crippen molar-refractivity contribution in [1.29, 1.82) is 0 Å². The minimum atomic E-state index is 0.390. The van der Waals surface area contributed by atoms with E-state index in [2.05, 4.69) is 109 Å². The fourth-order valence-corrected chi connectivity index (χ4v) is 4.86. The van der Waals surface area contributed by atoms with Crippen LogP contribution in [0.25, 0.3) is 10.9 Å². The molecule has 5 rings (SSSR count). The van der Waals surface area contributed by atoms with Gasteiger partial charge in [0.15, 0.2) is 0 Å². The Morgan fingerprint density at radius 3 is 2.05 bits per heavy atom. The zero-order valence-electron chi connectivity index (χ0n) is 21.4. The third kappa shape index (κ3) is 6.84. The molecule has 0 saturated carbocycles. The Morgan fingerprint density at radius 1 is 0.703 bits per heavy atom. The van der Waals surface area contributed by atoms with E-state index in [0.717, 1.165) is 41.7 Å². The van der Waals surface area contributed by atoms with Crippen LogP contribution in [-0.4, -0.2) is 17.6 Å². The van der Waals surface area contributed by atoms with Crippen LogP contribution in [0.3, 0.4) is 0 Å². The van der Waals surface area contributed by atoms with Crippen LogP contribution < -0.4 is 10.1 Å². The van der Waals surface area contributed by atoms with E-state index in [1.807, 2.05) is 24.3 Å². The van der Waals surface area contributed by atoms with Gasteiger partial charge < -0.3 is 10.1 Å². The van der Waals surface area contributed by atoms with Crippen LogP contribution in [-0.2, 0) is 13.0 Å². The van der Waals surface area contributed by atoms with E-state index in [1.54, 1.807) is 0 Å². The summed E-state index contributed by atoms with van der Waals surface area (Å²) < 4.78 is 6.00. The first-order valence-electron chi connectivity index (χ1n) is 13.1. The molecule has 0 bridgehead atoms. The van der Waals surface area contributed by atoms with Gasteiger partial charge in [-0.3, -0.25) is 0 Å². The summed E-state index contributed by atoms with van der Waals surface area (Å²) in [5.41, 5.74) is 5.98. The van der Waals surface area contributed by atoms with Gasteiger partial charge in [-0.25, -0.2) is 4.98 Å². The molecule has 0 aliphatic heterocycles. The maximum atomic E-state index is 6.00. The Morgan fingerprint density at radius 2 is 1.35 bits per heavy atom. The van der Waals surface area contributed by atoms with Crippen LogP contribution in [0.5, 0.6) is 5.75 Å². The van der Waals surface area contributed by atoms with Crippen molar-refractivity contribution in [1.82, 2.24) is 10.3 Å². The highest BCUT2D eigenvalue weighted by molar-refractivity contribution is 5.78. The first kappa shape index (κ1) is 24.7. The number of ether oxygens (including phenoxy) is 1. The van der Waals surface area contributed by atoms with E-state index in [9.17, 15) is 0 Å². The summed E-state index contributed by atoms with van der Waals surface area (Å²) in [6, 6.07) is 42.8. The number of hydrogen-bond acceptors (Lipinski definition) is 3. The third-order valence-electron chi connectivity index (χ3n) is 6.84. The molecular formula is C34H34N2O. The van der Waals surface area contributed by atoms with E-state index in [-0.39, 0.29) is 0 Å². The lowest BCUT2D eigenvalue weighted by molar-refractivity contribution is 0.301. The van der Waals surface area contributed by atoms with Crippen molar-refractivity contribution in [2.45, 2.75) is 38.3 Å². The minimum absolute atomic E-state index is 0.390. The smallest absolute Gasteiger partial charge is 0.130 e. The number of aromatic nitrogens is 1. The lowest BCUT2D eigenvalue weighted by Gasteiger charge is -2.20. The Bertz CT molecular complexity index is 1340. The van der Waals surface area contributed by atoms with E-state index >= 15 is 0 Å². The van der Waals surface area contributed by atoms with Crippen LogP contribution in [0.1, 0.15) is 41.6 Å². The SMILES string of the molecule is CC(Cc1ccc(OCc2ccc3ccccc3n2)cc1)NCCC(c1ccccc1)c1ccccc1. The molecule has 0 spiro atoms. The number of nitrogens with zero attached hydrogens (tertiary/aromatic N) is 1. The van der Waals surface area contributed by atoms with Crippen molar-refractivity contribution in [2.24, 2.45) is 0 Å². The van der Waals surface area contributed by atoms with E-state index in [4.69, 9.17) is 9.72 Å². The molecule has 1 N–H and O–H groups in total. The molecule has 0 saturated heterocycles. The van der Waals surface area contributed by atoms with Crippen molar-refractivity contribution in [3.05, 3.63) is 144 Å². The van der Waals surface area contributed by atoms with Crippen molar-refractivity contribution >= 4 is 10.9 Å². The second-order valence-corrected chi connectivity index (χ2v) is 9.65. The third-order valence-corrected chi connectivity index (χ3v) is 6.84. The Balaban J connectivity index is 1.11. The predicted octanol–water partition coefficient (Wildman–Crippen LogP) is 7.56. The second-order valence-electron chi connectivity index (χ2n) is 9.65. The molecule has 1 heterocycles. The van der Waals surface area contributed by atoms with Gasteiger partial charge in [0.05, 0.1) is 11.2 Å². The maximum Gasteiger partial charge on any atom is 0.130 e. The number of benzene rings is 4. The zero-order chi connectivity index (χ0) is 25.3. The predicted molar refractivity (Wildman–Crippen MR) is 153 cm³/mol. The van der Waals surface area contributed by atoms with E-state index < -0.39 is 0 Å². The first-order chi connectivity index (χ1) is 18.2. The molecule has 0 aliphatic rings. The van der Waals surface area contributed by atoms with Crippen LogP contribution in [0, 0.1) is 0 Å². The van der Waals surface area contributed by atoms with Gasteiger partial charge in [0, 0.05) is 17.3 Å². The summed E-state index contributed by atoms with van der Waals surface area (Å²) in [5.74, 6) is 1.27. The van der Waals surface area contributed by atoms with Crippen molar-refractivity contribution < 1.29 is 4.74 Å². The quantitative estimate of drug-likeness (QED) is 0.209. The summed E-state index contributed by atoms with van der Waals surface area (Å²) in [6.45, 7) is 3.69. The molecule has 1 unspecified atom stereocenters. The average molecular weight is 487 g/mol. The average Bonchev–Trinajstić information content (AvgIpc) is 2.96. The van der Waals surface area contributed by atoms with E-state index in [0.29, 0.717) is 18.6 Å². The largest absolute Gasteiger partial charge is 0.487 e. The summed E-state index contributed by atoms with van der Waals surface area (Å²) in [4.78, 5) is 4.69. The van der Waals surface area contributed by atoms with Crippen LogP contribution in [0.15, 0.2) is 121 Å². The van der Waals surface area contributed by atoms with Crippen molar-refractivity contribution in [2.75, 3.05) is 6.54 Å². The number of hydrogen-bond donors (Lipinski definition) is 1. The highest BCUT2D eigenvalue weighted by Crippen LogP contribution is 2.27. The minimum Gasteiger partial charge on any atom is -0.487 e. The zero-order valence-corrected chi connectivity index (χ0v) is 21.4. The van der Waals surface area contributed by atoms with Crippen LogP contribution >= 0.6 is 0 Å². The van der Waals surface area contributed by atoms with Gasteiger partial charge in [0.2, 0.25) is 0 Å². The van der Waals surface area contributed by atoms with Gasteiger partial charge >= 0.3 is 0 Å². The molecule has 37 heavy (non-hydrogen) atoms. The summed E-state index contributed by atoms with van der Waals surface area (Å²) in [7, 11) is 0. The molecule has 0 amide bonds. The number of pyridine rings is 1. The molecule has 4 aromatic carbocycles. The van der Waals surface area contributed by atoms with Gasteiger partial charge in [0.1, 0.15) is 12.4 Å². The number of fused-ring (bicyclic) bond motifs is 1. The van der Waals surface area contributed by atoms with Gasteiger partial charge in [-0.1, -0.05) is 97.1 Å². The number of rotatable bonds is 11. The molecule has 0 aliphatic carbocycles. The van der Waals surface area contributed by atoms with Gasteiger partial charge in [0.25, 0.3) is 0 Å². The first-order valence-corrected chi connectivity index (χ1v) is 13.1. The van der Waals surface area contributed by atoms with Crippen LogP contribution in [0.4, 0.5) is 0 Å². The molecule has 5 aromatic rings. The highest BCUT2D eigenvalue weighted by Gasteiger charge is 2.14. The lowest BCUT2D eigenvalue weighted by atomic mass is 9.88. The summed E-state index contributed by atoms with van der Waals surface area (Å²) >= 11 is 0. The molecule has 1 aromatic heterocycles. The number of nitrogens with one attached hydrogen (secondary N) is 1. The highest BCUT2D eigenvalue weighted by atomic mass is 16.5. The van der Waals surface area contributed by atoms with Crippen molar-refractivity contribution in [3.63, 3.8) is 0 Å². The molecule has 0 fully saturated rings. The Labute approximate surface area is 220 Å². The van der Waals surface area contributed by atoms with Gasteiger partial charge in [-0.2, -0.15) is 0 Å². The second kappa shape index (κ2) is 12.3. The molecule has 186 valence electrons. The van der Waals surface area contributed by atoms with Crippen LogP contribution in [0.2, 0.25) is 0 Å². The van der Waals surface area contributed by atoms with Crippen molar-refractivity contribution in [3.8, 4) is 5.75 Å². The lowest BCUT2D eigenvalue weighted by Crippen LogP contribution is -2.30.